The minimum atomic E-state index is 0.133. The molecular weight excluding hydrogens is 330 g/mol. The van der Waals surface area contributed by atoms with Crippen LogP contribution in [0.2, 0.25) is 0 Å². The van der Waals surface area contributed by atoms with Crippen LogP contribution >= 0.6 is 39.9 Å². The fraction of sp³-hybridized carbons (Fsp3) is 0.385. The molecule has 0 unspecified atom stereocenters. The van der Waals surface area contributed by atoms with Gasteiger partial charge in [0.15, 0.2) is 5.78 Å². The molecule has 1 aliphatic rings. The number of carbonyl (C=O) groups excluding carboxylic acids is 1. The Morgan fingerprint density at radius 3 is 2.50 bits per heavy atom. The molecule has 0 bridgehead atoms. The zero-order chi connectivity index (χ0) is 13.0. The molecule has 0 amide bonds. The maximum absolute atomic E-state index is 12.0. The molecule has 0 N–H and O–H groups in total. The Hall–Kier alpha value is -0.390. The van der Waals surface area contributed by atoms with Crippen molar-refractivity contribution in [2.45, 2.75) is 12.8 Å². The van der Waals surface area contributed by atoms with Crippen molar-refractivity contribution in [2.24, 2.45) is 0 Å². The second-order valence-electron chi connectivity index (χ2n) is 4.18. The molecule has 0 spiro atoms. The quantitative estimate of drug-likeness (QED) is 0.615. The van der Waals surface area contributed by atoms with E-state index in [0.29, 0.717) is 5.75 Å². The summed E-state index contributed by atoms with van der Waals surface area (Å²) in [7, 11) is 0. The Morgan fingerprint density at radius 2 is 1.89 bits per heavy atom. The molecule has 0 aromatic heterocycles. The van der Waals surface area contributed by atoms with Gasteiger partial charge in [0.1, 0.15) is 4.32 Å². The molecule has 0 aliphatic carbocycles. The lowest BCUT2D eigenvalue weighted by Crippen LogP contribution is -2.24. The van der Waals surface area contributed by atoms with Gasteiger partial charge in [0.25, 0.3) is 0 Å². The van der Waals surface area contributed by atoms with Crippen LogP contribution in [-0.4, -0.2) is 33.8 Å². The number of nitrogens with zero attached hydrogens (tertiary/aromatic N) is 1. The molecule has 1 heterocycles. The van der Waals surface area contributed by atoms with Crippen molar-refractivity contribution in [1.82, 2.24) is 4.90 Å². The summed E-state index contributed by atoms with van der Waals surface area (Å²) < 4.78 is 1.84. The van der Waals surface area contributed by atoms with Crippen LogP contribution in [0.15, 0.2) is 28.7 Å². The molecule has 0 saturated carbocycles. The molecule has 2 rings (SSSR count). The summed E-state index contributed by atoms with van der Waals surface area (Å²) in [4.78, 5) is 14.2. The SMILES string of the molecule is O=C(CSC(=S)N1CCCC1)c1ccc(Br)cc1. The standard InChI is InChI=1S/C13H14BrNOS2/c14-11-5-3-10(4-6-11)12(16)9-18-13(17)15-7-1-2-8-15/h3-6H,1-2,7-9H2. The van der Waals surface area contributed by atoms with E-state index in [0.717, 1.165) is 27.4 Å². The van der Waals surface area contributed by atoms with E-state index < -0.39 is 0 Å². The lowest BCUT2D eigenvalue weighted by atomic mass is 10.2. The number of thioether (sulfide) groups is 1. The molecule has 96 valence electrons. The highest BCUT2D eigenvalue weighted by Gasteiger charge is 2.16. The van der Waals surface area contributed by atoms with Gasteiger partial charge in [0.05, 0.1) is 5.75 Å². The molecule has 5 heteroatoms. The van der Waals surface area contributed by atoms with Crippen molar-refractivity contribution in [1.29, 1.82) is 0 Å². The predicted octanol–water partition coefficient (Wildman–Crippen LogP) is 3.75. The molecule has 18 heavy (non-hydrogen) atoms. The molecule has 1 fully saturated rings. The first-order chi connectivity index (χ1) is 8.66. The van der Waals surface area contributed by atoms with Gasteiger partial charge in [-0.2, -0.15) is 0 Å². The zero-order valence-corrected chi connectivity index (χ0v) is 13.1. The van der Waals surface area contributed by atoms with E-state index in [9.17, 15) is 4.79 Å². The van der Waals surface area contributed by atoms with E-state index in [1.165, 1.54) is 24.6 Å². The highest BCUT2D eigenvalue weighted by molar-refractivity contribution is 9.10. The minimum Gasteiger partial charge on any atom is -0.358 e. The van der Waals surface area contributed by atoms with Crippen LogP contribution in [0.3, 0.4) is 0 Å². The number of ketones is 1. The maximum Gasteiger partial charge on any atom is 0.173 e. The first-order valence-electron chi connectivity index (χ1n) is 5.87. The number of Topliss-reactive ketones (excluding diaryl/α,β-unsaturated/α-hetero) is 1. The number of hydrogen-bond donors (Lipinski definition) is 0. The molecule has 2 nitrogen and oxygen atoms in total. The topological polar surface area (TPSA) is 20.3 Å². The van der Waals surface area contributed by atoms with E-state index in [1.807, 2.05) is 24.3 Å². The van der Waals surface area contributed by atoms with Gasteiger partial charge >= 0.3 is 0 Å². The summed E-state index contributed by atoms with van der Waals surface area (Å²) in [6, 6.07) is 7.45. The second-order valence-corrected chi connectivity index (χ2v) is 6.70. The summed E-state index contributed by atoms with van der Waals surface area (Å²) >= 11 is 10.2. The van der Waals surface area contributed by atoms with Crippen LogP contribution in [0.25, 0.3) is 0 Å². The third-order valence-corrected chi connectivity index (χ3v) is 4.91. The van der Waals surface area contributed by atoms with Crippen molar-refractivity contribution < 1.29 is 4.79 Å². The number of hydrogen-bond acceptors (Lipinski definition) is 3. The molecule has 1 saturated heterocycles. The fourth-order valence-corrected chi connectivity index (χ4v) is 3.25. The third kappa shape index (κ3) is 3.80. The van der Waals surface area contributed by atoms with Gasteiger partial charge in [-0.05, 0) is 25.0 Å². The Kier molecular flexibility index (Phi) is 5.21. The van der Waals surface area contributed by atoms with Gasteiger partial charge in [-0.1, -0.05) is 52.0 Å². The summed E-state index contributed by atoms with van der Waals surface area (Å²) in [6.45, 7) is 2.08. The Morgan fingerprint density at radius 1 is 1.28 bits per heavy atom. The predicted molar refractivity (Wildman–Crippen MR) is 84.3 cm³/mol. The Labute approximate surface area is 125 Å². The first kappa shape index (κ1) is 14.0. The number of thiocarbonyl (C=S) groups is 1. The number of likely N-dealkylation sites (tertiary alicyclic amines) is 1. The number of rotatable bonds is 3. The van der Waals surface area contributed by atoms with Gasteiger partial charge in [0, 0.05) is 23.1 Å². The van der Waals surface area contributed by atoms with E-state index in [-0.39, 0.29) is 5.78 Å². The van der Waals surface area contributed by atoms with Crippen LogP contribution in [0.1, 0.15) is 23.2 Å². The average Bonchev–Trinajstić information content (AvgIpc) is 2.90. The number of halogens is 1. The smallest absolute Gasteiger partial charge is 0.173 e. The van der Waals surface area contributed by atoms with Crippen LogP contribution in [0.4, 0.5) is 0 Å². The Bertz CT molecular complexity index is 441. The molecule has 0 radical (unpaired) electrons. The van der Waals surface area contributed by atoms with Gasteiger partial charge in [-0.3, -0.25) is 4.79 Å². The molecule has 1 aromatic rings. The van der Waals surface area contributed by atoms with E-state index in [1.54, 1.807) is 0 Å². The maximum atomic E-state index is 12.0. The first-order valence-corrected chi connectivity index (χ1v) is 8.06. The highest BCUT2D eigenvalue weighted by Crippen LogP contribution is 2.18. The second kappa shape index (κ2) is 6.68. The van der Waals surface area contributed by atoms with Crippen LogP contribution in [0, 0.1) is 0 Å². The van der Waals surface area contributed by atoms with Gasteiger partial charge in [-0.25, -0.2) is 0 Å². The van der Waals surface area contributed by atoms with Crippen LogP contribution in [-0.2, 0) is 0 Å². The van der Waals surface area contributed by atoms with Crippen molar-refractivity contribution >= 4 is 50.0 Å². The third-order valence-electron chi connectivity index (χ3n) is 2.86. The lowest BCUT2D eigenvalue weighted by molar-refractivity contribution is 0.102. The van der Waals surface area contributed by atoms with E-state index >= 15 is 0 Å². The highest BCUT2D eigenvalue weighted by atomic mass is 79.9. The normalized spacial score (nSPS) is 14.8. The summed E-state index contributed by atoms with van der Waals surface area (Å²) in [5.74, 6) is 0.561. The van der Waals surface area contributed by atoms with Crippen molar-refractivity contribution in [3.05, 3.63) is 34.3 Å². The summed E-state index contributed by atoms with van der Waals surface area (Å²) in [5.41, 5.74) is 0.745. The van der Waals surface area contributed by atoms with Crippen molar-refractivity contribution in [2.75, 3.05) is 18.8 Å². The van der Waals surface area contributed by atoms with Gasteiger partial charge in [-0.15, -0.1) is 0 Å². The van der Waals surface area contributed by atoms with Gasteiger partial charge in [0.2, 0.25) is 0 Å². The largest absolute Gasteiger partial charge is 0.358 e. The molecule has 1 aliphatic heterocycles. The average molecular weight is 344 g/mol. The molecule has 0 atom stereocenters. The monoisotopic (exact) mass is 343 g/mol. The summed E-state index contributed by atoms with van der Waals surface area (Å²) in [5, 5.41) is 0. The molecular formula is C13H14BrNOS2. The van der Waals surface area contributed by atoms with E-state index in [2.05, 4.69) is 20.8 Å². The van der Waals surface area contributed by atoms with E-state index in [4.69, 9.17) is 12.2 Å². The van der Waals surface area contributed by atoms with Gasteiger partial charge < -0.3 is 4.90 Å². The van der Waals surface area contributed by atoms with Crippen molar-refractivity contribution in [3.8, 4) is 0 Å². The summed E-state index contributed by atoms with van der Waals surface area (Å²) in [6.07, 6.45) is 2.42. The minimum absolute atomic E-state index is 0.133. The number of carbonyl (C=O) groups is 1. The molecule has 1 aromatic carbocycles. The number of benzene rings is 1. The fourth-order valence-electron chi connectivity index (χ4n) is 1.84. The Balaban J connectivity index is 1.84. The van der Waals surface area contributed by atoms with Crippen LogP contribution < -0.4 is 0 Å². The van der Waals surface area contributed by atoms with Crippen molar-refractivity contribution in [3.63, 3.8) is 0 Å². The van der Waals surface area contributed by atoms with Crippen LogP contribution in [0.5, 0.6) is 0 Å². The zero-order valence-electron chi connectivity index (χ0n) is 9.89. The lowest BCUT2D eigenvalue weighted by Gasteiger charge is -2.17.